The molecule has 0 aliphatic carbocycles. The van der Waals surface area contributed by atoms with Crippen molar-refractivity contribution in [1.82, 2.24) is 9.97 Å². The minimum atomic E-state index is 0.0650. The van der Waals surface area contributed by atoms with Gasteiger partial charge in [0.2, 0.25) is 0 Å². The van der Waals surface area contributed by atoms with Gasteiger partial charge in [-0.25, -0.2) is 9.98 Å². The second kappa shape index (κ2) is 8.46. The number of aromatic hydroxyl groups is 1. The number of aromatic amines is 1. The van der Waals surface area contributed by atoms with Gasteiger partial charge in [-0.15, -0.1) is 0 Å². The molecule has 178 valence electrons. The van der Waals surface area contributed by atoms with Gasteiger partial charge in [-0.2, -0.15) is 0 Å². The first-order valence-electron chi connectivity index (χ1n) is 11.4. The number of methoxy groups -OCH3 is 3. The van der Waals surface area contributed by atoms with Crippen molar-refractivity contribution in [1.29, 1.82) is 0 Å². The van der Waals surface area contributed by atoms with Crippen LogP contribution in [0, 0.1) is 0 Å². The van der Waals surface area contributed by atoms with Crippen LogP contribution in [0.1, 0.15) is 5.56 Å². The number of fused-ring (bicyclic) bond motifs is 4. The fourth-order valence-corrected chi connectivity index (χ4v) is 4.61. The van der Waals surface area contributed by atoms with Gasteiger partial charge in [0, 0.05) is 39.2 Å². The number of hydrogen-bond acceptors (Lipinski definition) is 6. The summed E-state index contributed by atoms with van der Waals surface area (Å²) in [6.45, 7) is 0. The standard InChI is InChI=1S/C29H23N3O4/c1-34-18-8-9-26-22(15-18)24(29(33)32-26)13-17-12-23-21-6-4-5-7-25(21)31-28(23)27(30-17)16-10-19(35-2)14-20(11-16)36-3/h4-15,32-33H,1-3H3/b17-13-. The largest absolute Gasteiger partial charge is 0.497 e. The minimum absolute atomic E-state index is 0.0650. The summed E-state index contributed by atoms with van der Waals surface area (Å²) in [6, 6.07) is 21.3. The predicted molar refractivity (Wildman–Crippen MR) is 139 cm³/mol. The van der Waals surface area contributed by atoms with Crippen molar-refractivity contribution in [3.05, 3.63) is 83.0 Å². The normalized spacial score (nSPS) is 12.2. The minimum Gasteiger partial charge on any atom is -0.497 e. The fourth-order valence-electron chi connectivity index (χ4n) is 4.61. The molecule has 6 rings (SSSR count). The Bertz CT molecular complexity index is 1750. The van der Waals surface area contributed by atoms with E-state index >= 15 is 0 Å². The number of nitrogens with one attached hydrogen (secondary N) is 1. The van der Waals surface area contributed by atoms with Gasteiger partial charge in [0.1, 0.15) is 17.2 Å². The molecule has 36 heavy (non-hydrogen) atoms. The highest BCUT2D eigenvalue weighted by atomic mass is 16.5. The average molecular weight is 478 g/mol. The zero-order valence-electron chi connectivity index (χ0n) is 20.0. The molecule has 0 atom stereocenters. The summed E-state index contributed by atoms with van der Waals surface area (Å²) in [5.41, 5.74) is 5.85. The maximum Gasteiger partial charge on any atom is 0.196 e. The molecule has 0 saturated carbocycles. The summed E-state index contributed by atoms with van der Waals surface area (Å²) in [6.07, 6.45) is 1.87. The van der Waals surface area contributed by atoms with Crippen LogP contribution in [0.15, 0.2) is 71.7 Å². The molecule has 2 N–H and O–H groups in total. The van der Waals surface area contributed by atoms with E-state index in [2.05, 4.69) is 11.1 Å². The number of pyridine rings is 1. The highest BCUT2D eigenvalue weighted by molar-refractivity contribution is 5.93. The van der Waals surface area contributed by atoms with Gasteiger partial charge in [0.15, 0.2) is 5.88 Å². The van der Waals surface area contributed by atoms with Crippen LogP contribution in [0.5, 0.6) is 23.1 Å². The van der Waals surface area contributed by atoms with Crippen LogP contribution in [-0.2, 0) is 0 Å². The summed E-state index contributed by atoms with van der Waals surface area (Å²) < 4.78 is 16.4. The maximum absolute atomic E-state index is 10.7. The number of benzene rings is 3. The van der Waals surface area contributed by atoms with E-state index in [0.717, 1.165) is 38.6 Å². The Labute approximate surface area is 207 Å². The molecular weight excluding hydrogens is 454 g/mol. The summed E-state index contributed by atoms with van der Waals surface area (Å²) >= 11 is 0. The number of nitrogens with zero attached hydrogens (tertiary/aromatic N) is 2. The molecule has 1 aliphatic heterocycles. The van der Waals surface area contributed by atoms with Crippen LogP contribution < -0.4 is 24.9 Å². The van der Waals surface area contributed by atoms with Crippen molar-refractivity contribution < 1.29 is 19.3 Å². The van der Waals surface area contributed by atoms with Crippen LogP contribution in [0.2, 0.25) is 0 Å². The van der Waals surface area contributed by atoms with E-state index in [0.29, 0.717) is 33.9 Å². The SMILES string of the molecule is COc1cc(OC)cc(-c2n/c(=C\c3c(O)[nH]c4ccc(OC)cc34)cc3c2=Nc2ccccc2-3)c1. The summed E-state index contributed by atoms with van der Waals surface area (Å²) in [5, 5.41) is 13.0. The van der Waals surface area contributed by atoms with Crippen molar-refractivity contribution >= 4 is 22.7 Å². The number of H-pyrrole nitrogens is 1. The van der Waals surface area contributed by atoms with Crippen molar-refractivity contribution in [2.24, 2.45) is 4.99 Å². The molecule has 2 aromatic heterocycles. The van der Waals surface area contributed by atoms with E-state index in [4.69, 9.17) is 24.2 Å². The molecule has 0 unspecified atom stereocenters. The van der Waals surface area contributed by atoms with Gasteiger partial charge >= 0.3 is 0 Å². The van der Waals surface area contributed by atoms with Gasteiger partial charge in [-0.3, -0.25) is 0 Å². The molecule has 0 fully saturated rings. The first-order valence-corrected chi connectivity index (χ1v) is 11.4. The van der Waals surface area contributed by atoms with Gasteiger partial charge < -0.3 is 24.3 Å². The van der Waals surface area contributed by atoms with Gasteiger partial charge in [-0.1, -0.05) is 18.2 Å². The Balaban J connectivity index is 1.65. The first kappa shape index (κ1) is 21.7. The second-order valence-electron chi connectivity index (χ2n) is 8.47. The molecule has 0 amide bonds. The van der Waals surface area contributed by atoms with Gasteiger partial charge in [0.05, 0.1) is 43.4 Å². The van der Waals surface area contributed by atoms with E-state index in [9.17, 15) is 5.11 Å². The third-order valence-corrected chi connectivity index (χ3v) is 6.38. The number of ether oxygens (including phenoxy) is 3. The molecule has 7 heteroatoms. The lowest BCUT2D eigenvalue weighted by Crippen LogP contribution is -2.19. The average Bonchev–Trinajstić information content (AvgIpc) is 3.44. The lowest BCUT2D eigenvalue weighted by molar-refractivity contribution is 0.394. The fraction of sp³-hybridized carbons (Fsp3) is 0.103. The highest BCUT2D eigenvalue weighted by Gasteiger charge is 2.19. The number of hydrogen-bond donors (Lipinski definition) is 2. The number of rotatable bonds is 5. The highest BCUT2D eigenvalue weighted by Crippen LogP contribution is 2.35. The predicted octanol–water partition coefficient (Wildman–Crippen LogP) is 4.72. The molecule has 0 radical (unpaired) electrons. The molecule has 5 aromatic rings. The molecule has 7 nitrogen and oxygen atoms in total. The smallest absolute Gasteiger partial charge is 0.196 e. The van der Waals surface area contributed by atoms with E-state index in [1.165, 1.54) is 0 Å². The Morgan fingerprint density at radius 3 is 2.31 bits per heavy atom. The van der Waals surface area contributed by atoms with Crippen molar-refractivity contribution in [2.75, 3.05) is 21.3 Å². The molecular formula is C29H23N3O4. The molecule has 0 spiro atoms. The van der Waals surface area contributed by atoms with Crippen LogP contribution in [0.4, 0.5) is 5.69 Å². The van der Waals surface area contributed by atoms with Crippen molar-refractivity contribution in [3.8, 4) is 45.5 Å². The third-order valence-electron chi connectivity index (χ3n) is 6.38. The topological polar surface area (TPSA) is 89.0 Å². The Morgan fingerprint density at radius 2 is 1.56 bits per heavy atom. The monoisotopic (exact) mass is 477 g/mol. The van der Waals surface area contributed by atoms with Crippen LogP contribution in [0.25, 0.3) is 39.4 Å². The van der Waals surface area contributed by atoms with Gasteiger partial charge in [0.25, 0.3) is 0 Å². The van der Waals surface area contributed by atoms with E-state index < -0.39 is 0 Å². The lowest BCUT2D eigenvalue weighted by atomic mass is 10.0. The summed E-state index contributed by atoms with van der Waals surface area (Å²) in [5.74, 6) is 2.09. The Kier molecular flexibility index (Phi) is 5.11. The summed E-state index contributed by atoms with van der Waals surface area (Å²) in [4.78, 5) is 12.9. The van der Waals surface area contributed by atoms with E-state index in [-0.39, 0.29) is 5.88 Å². The quantitative estimate of drug-likeness (QED) is 0.375. The molecule has 0 saturated heterocycles. The Hall–Kier alpha value is -4.78. The Morgan fingerprint density at radius 1 is 0.806 bits per heavy atom. The van der Waals surface area contributed by atoms with Crippen molar-refractivity contribution in [3.63, 3.8) is 0 Å². The first-order chi connectivity index (χ1) is 17.6. The van der Waals surface area contributed by atoms with E-state index in [1.807, 2.05) is 66.7 Å². The molecule has 3 aromatic carbocycles. The van der Waals surface area contributed by atoms with Crippen LogP contribution in [0.3, 0.4) is 0 Å². The molecule has 1 aliphatic rings. The van der Waals surface area contributed by atoms with Crippen LogP contribution >= 0.6 is 0 Å². The molecule has 0 bridgehead atoms. The zero-order valence-corrected chi connectivity index (χ0v) is 20.0. The number of aromatic nitrogens is 2. The van der Waals surface area contributed by atoms with Gasteiger partial charge in [-0.05, 0) is 48.5 Å². The molecule has 3 heterocycles. The van der Waals surface area contributed by atoms with Crippen molar-refractivity contribution in [2.45, 2.75) is 0 Å². The second-order valence-corrected chi connectivity index (χ2v) is 8.47. The lowest BCUT2D eigenvalue weighted by Gasteiger charge is -2.09. The maximum atomic E-state index is 10.7. The van der Waals surface area contributed by atoms with E-state index in [1.54, 1.807) is 21.3 Å². The third kappa shape index (κ3) is 3.53. The summed E-state index contributed by atoms with van der Waals surface area (Å²) in [7, 11) is 4.86. The number of para-hydroxylation sites is 1. The van der Waals surface area contributed by atoms with Crippen LogP contribution in [-0.4, -0.2) is 36.4 Å². The zero-order chi connectivity index (χ0) is 24.8.